The third-order valence-corrected chi connectivity index (χ3v) is 5.03. The van der Waals surface area contributed by atoms with Gasteiger partial charge < -0.3 is 5.32 Å². The minimum atomic E-state index is -3.49. The molecule has 18 heavy (non-hydrogen) atoms. The molecule has 0 radical (unpaired) electrons. The fourth-order valence-electron chi connectivity index (χ4n) is 2.38. The van der Waals surface area contributed by atoms with Crippen LogP contribution >= 0.6 is 0 Å². The summed E-state index contributed by atoms with van der Waals surface area (Å²) in [5, 5.41) is 2.88. The molecule has 0 aliphatic heterocycles. The fourth-order valence-corrected chi connectivity index (χ4v) is 3.92. The van der Waals surface area contributed by atoms with Gasteiger partial charge in [0.2, 0.25) is 10.0 Å². The van der Waals surface area contributed by atoms with Crippen molar-refractivity contribution in [3.8, 4) is 0 Å². The first-order valence-corrected chi connectivity index (χ1v) is 7.67. The van der Waals surface area contributed by atoms with Gasteiger partial charge in [0.25, 0.3) is 0 Å². The molecule has 100 valence electrons. The van der Waals surface area contributed by atoms with Crippen LogP contribution in [-0.2, 0) is 10.0 Å². The van der Waals surface area contributed by atoms with Crippen LogP contribution in [0.5, 0.6) is 0 Å². The fraction of sp³-hybridized carbons (Fsp3) is 0.583. The number of hydrogen-bond acceptors (Lipinski definition) is 4. The molecule has 1 aliphatic carbocycles. The van der Waals surface area contributed by atoms with E-state index in [-0.39, 0.29) is 10.9 Å². The summed E-state index contributed by atoms with van der Waals surface area (Å²) in [6.07, 6.45) is 6.03. The molecule has 1 saturated carbocycles. The largest absolute Gasteiger partial charge is 0.387 e. The van der Waals surface area contributed by atoms with Crippen LogP contribution in [0, 0.1) is 5.92 Å². The molecular weight excluding hydrogens is 250 g/mol. The first-order chi connectivity index (χ1) is 8.54. The lowest BCUT2D eigenvalue weighted by molar-refractivity contribution is 0.476. The molecule has 0 spiro atoms. The van der Waals surface area contributed by atoms with Crippen LogP contribution in [0.1, 0.15) is 26.2 Å². The van der Waals surface area contributed by atoms with Crippen molar-refractivity contribution in [2.24, 2.45) is 5.92 Å². The molecule has 6 heteroatoms. The smallest absolute Gasteiger partial charge is 0.244 e. The van der Waals surface area contributed by atoms with Crippen LogP contribution in [-0.4, -0.2) is 26.5 Å². The molecule has 5 nitrogen and oxygen atoms in total. The molecule has 2 unspecified atom stereocenters. The van der Waals surface area contributed by atoms with Gasteiger partial charge >= 0.3 is 0 Å². The number of nitrogens with one attached hydrogen (secondary N) is 2. The summed E-state index contributed by atoms with van der Waals surface area (Å²) in [5.74, 6) is 0.398. The van der Waals surface area contributed by atoms with Gasteiger partial charge in [-0.1, -0.05) is 13.3 Å². The van der Waals surface area contributed by atoms with E-state index in [0.29, 0.717) is 11.6 Å². The predicted octanol–water partition coefficient (Wildman–Crippen LogP) is 1.59. The molecule has 2 rings (SSSR count). The summed E-state index contributed by atoms with van der Waals surface area (Å²) in [5.41, 5.74) is 0.572. The first-order valence-electron chi connectivity index (χ1n) is 6.18. The number of hydrogen-bond donors (Lipinski definition) is 2. The van der Waals surface area contributed by atoms with Crippen molar-refractivity contribution in [1.29, 1.82) is 0 Å². The third-order valence-electron chi connectivity index (χ3n) is 3.51. The molecule has 1 fully saturated rings. The molecule has 0 saturated heterocycles. The number of rotatable bonds is 4. The van der Waals surface area contributed by atoms with Crippen molar-refractivity contribution in [2.45, 2.75) is 37.1 Å². The van der Waals surface area contributed by atoms with E-state index in [0.717, 1.165) is 19.3 Å². The number of nitrogens with zero attached hydrogens (tertiary/aromatic N) is 1. The van der Waals surface area contributed by atoms with Crippen LogP contribution < -0.4 is 10.0 Å². The van der Waals surface area contributed by atoms with Crippen molar-refractivity contribution in [2.75, 3.05) is 12.4 Å². The average Bonchev–Trinajstić information content (AvgIpc) is 2.74. The van der Waals surface area contributed by atoms with E-state index >= 15 is 0 Å². The Kier molecular flexibility index (Phi) is 3.87. The molecule has 1 aromatic rings. The van der Waals surface area contributed by atoms with E-state index in [4.69, 9.17) is 0 Å². The Hall–Kier alpha value is -1.14. The quantitative estimate of drug-likeness (QED) is 0.870. The van der Waals surface area contributed by atoms with E-state index in [1.54, 1.807) is 19.3 Å². The Morgan fingerprint density at radius 3 is 2.78 bits per heavy atom. The number of sulfonamides is 1. The maximum atomic E-state index is 12.3. The van der Waals surface area contributed by atoms with E-state index in [1.165, 1.54) is 6.20 Å². The summed E-state index contributed by atoms with van der Waals surface area (Å²) >= 11 is 0. The summed E-state index contributed by atoms with van der Waals surface area (Å²) in [4.78, 5) is 4.11. The van der Waals surface area contributed by atoms with Crippen molar-refractivity contribution in [3.05, 3.63) is 18.5 Å². The van der Waals surface area contributed by atoms with E-state index in [2.05, 4.69) is 21.9 Å². The summed E-state index contributed by atoms with van der Waals surface area (Å²) in [7, 11) is -1.79. The normalized spacial score (nSPS) is 24.1. The summed E-state index contributed by atoms with van der Waals surface area (Å²) in [6, 6.07) is 1.70. The van der Waals surface area contributed by atoms with Crippen molar-refractivity contribution < 1.29 is 8.42 Å². The molecule has 1 aliphatic rings. The van der Waals surface area contributed by atoms with Crippen molar-refractivity contribution >= 4 is 15.7 Å². The molecule has 0 aromatic carbocycles. The van der Waals surface area contributed by atoms with E-state index in [9.17, 15) is 8.42 Å². The average molecular weight is 269 g/mol. The zero-order valence-electron chi connectivity index (χ0n) is 10.7. The first kappa shape index (κ1) is 13.3. The van der Waals surface area contributed by atoms with Crippen molar-refractivity contribution in [3.63, 3.8) is 0 Å². The standard InChI is InChI=1S/C12H19N3O2S/c1-9-4-3-5-10(9)15-18(16,17)12-8-14-7-6-11(12)13-2/h6-10,15H,3-5H2,1-2H3,(H,13,14). The van der Waals surface area contributed by atoms with Crippen LogP contribution in [0.2, 0.25) is 0 Å². The summed E-state index contributed by atoms with van der Waals surface area (Å²) in [6.45, 7) is 2.09. The maximum Gasteiger partial charge on any atom is 0.244 e. The van der Waals surface area contributed by atoms with Crippen LogP contribution in [0.15, 0.2) is 23.4 Å². The van der Waals surface area contributed by atoms with Crippen LogP contribution in [0.25, 0.3) is 0 Å². The molecule has 0 amide bonds. The van der Waals surface area contributed by atoms with Gasteiger partial charge in [0.15, 0.2) is 0 Å². The van der Waals surface area contributed by atoms with Gasteiger partial charge in [0, 0.05) is 25.5 Å². The monoisotopic (exact) mass is 269 g/mol. The second-order valence-corrected chi connectivity index (χ2v) is 6.44. The molecule has 0 bridgehead atoms. The third kappa shape index (κ3) is 2.64. The Balaban J connectivity index is 2.25. The lowest BCUT2D eigenvalue weighted by Gasteiger charge is -2.18. The topological polar surface area (TPSA) is 71.1 Å². The van der Waals surface area contributed by atoms with Crippen LogP contribution in [0.3, 0.4) is 0 Å². The highest BCUT2D eigenvalue weighted by Crippen LogP contribution is 2.27. The van der Waals surface area contributed by atoms with Gasteiger partial charge in [0.05, 0.1) is 5.69 Å². The SMILES string of the molecule is CNc1ccncc1S(=O)(=O)NC1CCCC1C. The Labute approximate surface area is 108 Å². The highest BCUT2D eigenvalue weighted by molar-refractivity contribution is 7.89. The number of anilines is 1. The minimum absolute atomic E-state index is 0.0416. The zero-order chi connectivity index (χ0) is 13.2. The molecule has 1 aromatic heterocycles. The highest BCUT2D eigenvalue weighted by Gasteiger charge is 2.29. The van der Waals surface area contributed by atoms with E-state index in [1.807, 2.05) is 0 Å². The van der Waals surface area contributed by atoms with Crippen LogP contribution in [0.4, 0.5) is 5.69 Å². The second-order valence-electron chi connectivity index (χ2n) is 4.76. The highest BCUT2D eigenvalue weighted by atomic mass is 32.2. The number of pyridine rings is 1. The minimum Gasteiger partial charge on any atom is -0.387 e. The Bertz CT molecular complexity index is 516. The maximum absolute atomic E-state index is 12.3. The Morgan fingerprint density at radius 1 is 1.39 bits per heavy atom. The Morgan fingerprint density at radius 2 is 2.17 bits per heavy atom. The van der Waals surface area contributed by atoms with E-state index < -0.39 is 10.0 Å². The lowest BCUT2D eigenvalue weighted by atomic mass is 10.1. The van der Waals surface area contributed by atoms with Gasteiger partial charge in [-0.15, -0.1) is 0 Å². The van der Waals surface area contributed by atoms with Gasteiger partial charge in [-0.3, -0.25) is 4.98 Å². The number of aromatic nitrogens is 1. The van der Waals surface area contributed by atoms with Gasteiger partial charge in [-0.25, -0.2) is 13.1 Å². The zero-order valence-corrected chi connectivity index (χ0v) is 11.5. The van der Waals surface area contributed by atoms with Gasteiger partial charge in [-0.05, 0) is 24.8 Å². The molecule has 2 N–H and O–H groups in total. The van der Waals surface area contributed by atoms with Gasteiger partial charge in [-0.2, -0.15) is 0 Å². The molecule has 1 heterocycles. The predicted molar refractivity (Wildman–Crippen MR) is 70.9 cm³/mol. The second kappa shape index (κ2) is 5.24. The molecular formula is C12H19N3O2S. The lowest BCUT2D eigenvalue weighted by Crippen LogP contribution is -2.36. The van der Waals surface area contributed by atoms with Gasteiger partial charge in [0.1, 0.15) is 4.90 Å². The molecule has 2 atom stereocenters. The summed E-state index contributed by atoms with van der Waals surface area (Å²) < 4.78 is 27.4. The van der Waals surface area contributed by atoms with Crippen molar-refractivity contribution in [1.82, 2.24) is 9.71 Å².